The van der Waals surface area contributed by atoms with Crippen LogP contribution in [0.15, 0.2) is 43.0 Å². The Bertz CT molecular complexity index is 348. The van der Waals surface area contributed by atoms with Crippen LogP contribution in [0.5, 0.6) is 0 Å². The van der Waals surface area contributed by atoms with Gasteiger partial charge < -0.3 is 10.6 Å². The van der Waals surface area contributed by atoms with Gasteiger partial charge in [0.05, 0.1) is 6.04 Å². The number of rotatable bonds is 5. The Morgan fingerprint density at radius 2 is 2.12 bits per heavy atom. The van der Waals surface area contributed by atoms with E-state index >= 15 is 0 Å². The Labute approximate surface area is 96.6 Å². The minimum atomic E-state index is -0.479. The highest BCUT2D eigenvalue weighted by molar-refractivity contribution is 5.81. The zero-order valence-corrected chi connectivity index (χ0v) is 9.60. The molecule has 0 aliphatic heterocycles. The van der Waals surface area contributed by atoms with Crippen molar-refractivity contribution in [3.05, 3.63) is 48.6 Å². The number of carbonyl (C=O) groups excluding carboxylic acids is 1. The molecular formula is C13H18N2O. The third-order valence-corrected chi connectivity index (χ3v) is 2.39. The summed E-state index contributed by atoms with van der Waals surface area (Å²) < 4.78 is 0. The number of amides is 1. The van der Waals surface area contributed by atoms with E-state index in [1.165, 1.54) is 0 Å². The van der Waals surface area contributed by atoms with E-state index < -0.39 is 6.04 Å². The van der Waals surface area contributed by atoms with Crippen LogP contribution in [0.2, 0.25) is 0 Å². The molecule has 0 heterocycles. The lowest BCUT2D eigenvalue weighted by atomic mass is 10.1. The van der Waals surface area contributed by atoms with E-state index in [-0.39, 0.29) is 5.91 Å². The molecule has 86 valence electrons. The Morgan fingerprint density at radius 3 is 2.69 bits per heavy atom. The van der Waals surface area contributed by atoms with Crippen molar-refractivity contribution in [2.45, 2.75) is 12.5 Å². The molecule has 1 aromatic carbocycles. The van der Waals surface area contributed by atoms with Crippen LogP contribution in [-0.2, 0) is 11.2 Å². The van der Waals surface area contributed by atoms with Crippen molar-refractivity contribution >= 4 is 5.91 Å². The van der Waals surface area contributed by atoms with Crippen LogP contribution in [-0.4, -0.2) is 30.4 Å². The summed E-state index contributed by atoms with van der Waals surface area (Å²) in [7, 11) is 1.73. The zero-order valence-electron chi connectivity index (χ0n) is 9.60. The van der Waals surface area contributed by atoms with Gasteiger partial charge >= 0.3 is 0 Å². The summed E-state index contributed by atoms with van der Waals surface area (Å²) in [6, 6.07) is 9.30. The van der Waals surface area contributed by atoms with Gasteiger partial charge in [0.15, 0.2) is 0 Å². The summed E-state index contributed by atoms with van der Waals surface area (Å²) in [5.74, 6) is -0.0521. The standard InChI is InChI=1S/C13H18N2O/c1-3-9-15(2)13(16)12(14)10-11-7-5-4-6-8-11/h3-8,12H,1,9-10,14H2,2H3/t12-/m0/s1. The molecule has 0 spiro atoms. The number of hydrogen-bond donors (Lipinski definition) is 1. The number of benzene rings is 1. The topological polar surface area (TPSA) is 46.3 Å². The van der Waals surface area contributed by atoms with Gasteiger partial charge in [-0.2, -0.15) is 0 Å². The van der Waals surface area contributed by atoms with E-state index in [1.807, 2.05) is 30.3 Å². The molecule has 0 saturated heterocycles. The first-order valence-corrected chi connectivity index (χ1v) is 5.30. The average molecular weight is 218 g/mol. The Kier molecular flexibility index (Phi) is 4.73. The normalized spacial score (nSPS) is 11.9. The fourth-order valence-corrected chi connectivity index (χ4v) is 1.52. The second-order valence-corrected chi connectivity index (χ2v) is 3.80. The van der Waals surface area contributed by atoms with Crippen molar-refractivity contribution in [1.82, 2.24) is 4.90 Å². The van der Waals surface area contributed by atoms with Gasteiger partial charge in [0.1, 0.15) is 0 Å². The van der Waals surface area contributed by atoms with Crippen molar-refractivity contribution in [1.29, 1.82) is 0 Å². The van der Waals surface area contributed by atoms with Crippen LogP contribution in [0, 0.1) is 0 Å². The van der Waals surface area contributed by atoms with Gasteiger partial charge in [-0.1, -0.05) is 36.4 Å². The number of carbonyl (C=O) groups is 1. The van der Waals surface area contributed by atoms with Gasteiger partial charge in [-0.05, 0) is 12.0 Å². The smallest absolute Gasteiger partial charge is 0.239 e. The van der Waals surface area contributed by atoms with E-state index in [0.29, 0.717) is 13.0 Å². The predicted molar refractivity (Wildman–Crippen MR) is 66.0 cm³/mol. The number of nitrogens with two attached hydrogens (primary N) is 1. The zero-order chi connectivity index (χ0) is 12.0. The molecule has 16 heavy (non-hydrogen) atoms. The highest BCUT2D eigenvalue weighted by Crippen LogP contribution is 2.03. The molecule has 1 amide bonds. The first kappa shape index (κ1) is 12.5. The lowest BCUT2D eigenvalue weighted by molar-refractivity contribution is -0.130. The fourth-order valence-electron chi connectivity index (χ4n) is 1.52. The summed E-state index contributed by atoms with van der Waals surface area (Å²) in [5, 5.41) is 0. The van der Waals surface area contributed by atoms with E-state index in [9.17, 15) is 4.79 Å². The van der Waals surface area contributed by atoms with E-state index in [4.69, 9.17) is 5.73 Å². The van der Waals surface area contributed by atoms with Crippen LogP contribution in [0.25, 0.3) is 0 Å². The van der Waals surface area contributed by atoms with Crippen molar-refractivity contribution in [3.63, 3.8) is 0 Å². The van der Waals surface area contributed by atoms with Gasteiger partial charge in [-0.15, -0.1) is 6.58 Å². The largest absolute Gasteiger partial charge is 0.341 e. The quantitative estimate of drug-likeness (QED) is 0.755. The minimum absolute atomic E-state index is 0.0521. The van der Waals surface area contributed by atoms with Crippen LogP contribution >= 0.6 is 0 Å². The summed E-state index contributed by atoms with van der Waals surface area (Å²) in [6.45, 7) is 4.12. The molecular weight excluding hydrogens is 200 g/mol. The molecule has 0 bridgehead atoms. The molecule has 3 nitrogen and oxygen atoms in total. The molecule has 0 aromatic heterocycles. The SMILES string of the molecule is C=CCN(C)C(=O)[C@@H](N)Cc1ccccc1. The molecule has 0 radical (unpaired) electrons. The molecule has 1 atom stereocenters. The maximum atomic E-state index is 11.8. The second-order valence-electron chi connectivity index (χ2n) is 3.80. The molecule has 2 N–H and O–H groups in total. The molecule has 0 aliphatic carbocycles. The van der Waals surface area contributed by atoms with Gasteiger partial charge in [-0.25, -0.2) is 0 Å². The highest BCUT2D eigenvalue weighted by Gasteiger charge is 2.17. The molecule has 0 fully saturated rings. The summed E-state index contributed by atoms with van der Waals surface area (Å²) >= 11 is 0. The summed E-state index contributed by atoms with van der Waals surface area (Å²) in [6.07, 6.45) is 2.26. The van der Waals surface area contributed by atoms with Gasteiger partial charge in [0, 0.05) is 13.6 Å². The first-order valence-electron chi connectivity index (χ1n) is 5.30. The van der Waals surface area contributed by atoms with Crippen molar-refractivity contribution in [2.24, 2.45) is 5.73 Å². The maximum absolute atomic E-state index is 11.8. The molecule has 3 heteroatoms. The molecule has 0 aliphatic rings. The fraction of sp³-hybridized carbons (Fsp3) is 0.308. The van der Waals surface area contributed by atoms with Crippen LogP contribution in [0.4, 0.5) is 0 Å². The molecule has 0 saturated carbocycles. The highest BCUT2D eigenvalue weighted by atomic mass is 16.2. The van der Waals surface area contributed by atoms with E-state index in [2.05, 4.69) is 6.58 Å². The lowest BCUT2D eigenvalue weighted by Crippen LogP contribution is -2.43. The Morgan fingerprint density at radius 1 is 1.50 bits per heavy atom. The van der Waals surface area contributed by atoms with E-state index in [0.717, 1.165) is 5.56 Å². The third-order valence-electron chi connectivity index (χ3n) is 2.39. The van der Waals surface area contributed by atoms with Gasteiger partial charge in [0.25, 0.3) is 0 Å². The van der Waals surface area contributed by atoms with Crippen molar-refractivity contribution in [2.75, 3.05) is 13.6 Å². The summed E-state index contributed by atoms with van der Waals surface area (Å²) in [5.41, 5.74) is 6.93. The maximum Gasteiger partial charge on any atom is 0.239 e. The van der Waals surface area contributed by atoms with Crippen LogP contribution in [0.3, 0.4) is 0 Å². The lowest BCUT2D eigenvalue weighted by Gasteiger charge is -2.19. The Balaban J connectivity index is 2.55. The Hall–Kier alpha value is -1.61. The average Bonchev–Trinajstić information content (AvgIpc) is 2.29. The monoisotopic (exact) mass is 218 g/mol. The van der Waals surface area contributed by atoms with E-state index in [1.54, 1.807) is 18.0 Å². The van der Waals surface area contributed by atoms with Crippen LogP contribution in [0.1, 0.15) is 5.56 Å². The van der Waals surface area contributed by atoms with Crippen molar-refractivity contribution in [3.8, 4) is 0 Å². The van der Waals surface area contributed by atoms with Gasteiger partial charge in [-0.3, -0.25) is 4.79 Å². The number of nitrogens with zero attached hydrogens (tertiary/aromatic N) is 1. The third kappa shape index (κ3) is 3.51. The molecule has 1 rings (SSSR count). The number of hydrogen-bond acceptors (Lipinski definition) is 2. The minimum Gasteiger partial charge on any atom is -0.341 e. The second kappa shape index (κ2) is 6.08. The molecule has 1 aromatic rings. The molecule has 0 unspecified atom stereocenters. The van der Waals surface area contributed by atoms with Gasteiger partial charge in [0.2, 0.25) is 5.91 Å². The predicted octanol–water partition coefficient (Wildman–Crippen LogP) is 1.20. The first-order chi connectivity index (χ1) is 7.65. The van der Waals surface area contributed by atoms with Crippen LogP contribution < -0.4 is 5.73 Å². The summed E-state index contributed by atoms with van der Waals surface area (Å²) in [4.78, 5) is 13.4. The number of likely N-dealkylation sites (N-methyl/N-ethyl adjacent to an activating group) is 1. The van der Waals surface area contributed by atoms with Crippen molar-refractivity contribution < 1.29 is 4.79 Å².